The van der Waals surface area contributed by atoms with Crippen LogP contribution in [0.5, 0.6) is 0 Å². The molecule has 0 radical (unpaired) electrons. The minimum absolute atomic E-state index is 0.0179. The van der Waals surface area contributed by atoms with Crippen LogP contribution >= 0.6 is 0 Å². The van der Waals surface area contributed by atoms with Gasteiger partial charge in [-0.15, -0.1) is 0 Å². The Bertz CT molecular complexity index is 175. The number of amides is 1. The first-order valence-corrected chi connectivity index (χ1v) is 3.81. The zero-order valence-corrected chi connectivity index (χ0v) is 6.72. The van der Waals surface area contributed by atoms with E-state index in [2.05, 4.69) is 5.32 Å². The van der Waals surface area contributed by atoms with Gasteiger partial charge in [0.1, 0.15) is 0 Å². The van der Waals surface area contributed by atoms with Gasteiger partial charge < -0.3 is 10.1 Å². The van der Waals surface area contributed by atoms with Gasteiger partial charge in [-0.3, -0.25) is 4.79 Å². The second kappa shape index (κ2) is 4.13. The van der Waals surface area contributed by atoms with Crippen molar-refractivity contribution in [3.8, 4) is 0 Å². The second-order valence-electron chi connectivity index (χ2n) is 2.56. The summed E-state index contributed by atoms with van der Waals surface area (Å²) in [5.74, 6) is 0.0179. The Kier molecular flexibility index (Phi) is 3.11. The standard InChI is InChI=1S/C8H13NO2/c1-11-6-7-4-2-3-5-9-8(7)10/h4H,2-3,5-6H2,1H3,(H,9,10). The summed E-state index contributed by atoms with van der Waals surface area (Å²) >= 11 is 0. The van der Waals surface area contributed by atoms with E-state index in [9.17, 15) is 4.79 Å². The van der Waals surface area contributed by atoms with Crippen molar-refractivity contribution in [3.05, 3.63) is 11.6 Å². The van der Waals surface area contributed by atoms with Gasteiger partial charge in [-0.2, -0.15) is 0 Å². The molecule has 1 aliphatic rings. The topological polar surface area (TPSA) is 38.3 Å². The molecule has 62 valence electrons. The third-order valence-corrected chi connectivity index (χ3v) is 1.65. The molecule has 0 aromatic heterocycles. The third-order valence-electron chi connectivity index (χ3n) is 1.65. The molecule has 1 heterocycles. The maximum absolute atomic E-state index is 11.1. The number of methoxy groups -OCH3 is 1. The van der Waals surface area contributed by atoms with Crippen LogP contribution in [0.2, 0.25) is 0 Å². The van der Waals surface area contributed by atoms with Crippen molar-refractivity contribution in [2.24, 2.45) is 0 Å². The van der Waals surface area contributed by atoms with Crippen LogP contribution in [0.15, 0.2) is 11.6 Å². The Morgan fingerprint density at radius 2 is 2.55 bits per heavy atom. The SMILES string of the molecule is COCC1=CCCCNC1=O. The number of allylic oxidation sites excluding steroid dienone is 1. The van der Waals surface area contributed by atoms with Crippen LogP contribution in [0.1, 0.15) is 12.8 Å². The Labute approximate surface area is 66.4 Å². The predicted molar refractivity (Wildman–Crippen MR) is 42.2 cm³/mol. The Morgan fingerprint density at radius 3 is 3.27 bits per heavy atom. The van der Waals surface area contributed by atoms with Crippen LogP contribution < -0.4 is 5.32 Å². The van der Waals surface area contributed by atoms with Crippen molar-refractivity contribution < 1.29 is 9.53 Å². The summed E-state index contributed by atoms with van der Waals surface area (Å²) in [5, 5.41) is 2.79. The number of ether oxygens (including phenoxy) is 1. The maximum atomic E-state index is 11.1. The predicted octanol–water partition coefficient (Wildman–Crippen LogP) is 0.469. The molecule has 0 bridgehead atoms. The van der Waals surface area contributed by atoms with Gasteiger partial charge in [-0.25, -0.2) is 0 Å². The van der Waals surface area contributed by atoms with Gasteiger partial charge in [-0.1, -0.05) is 6.08 Å². The monoisotopic (exact) mass is 155 g/mol. The van der Waals surface area contributed by atoms with E-state index in [1.54, 1.807) is 7.11 Å². The van der Waals surface area contributed by atoms with Crippen molar-refractivity contribution in [1.29, 1.82) is 0 Å². The number of carbonyl (C=O) groups excluding carboxylic acids is 1. The van der Waals surface area contributed by atoms with Crippen molar-refractivity contribution >= 4 is 5.91 Å². The minimum atomic E-state index is 0.0179. The van der Waals surface area contributed by atoms with E-state index >= 15 is 0 Å². The fourth-order valence-corrected chi connectivity index (χ4v) is 1.07. The molecule has 1 N–H and O–H groups in total. The molecule has 0 unspecified atom stereocenters. The van der Waals surface area contributed by atoms with E-state index in [-0.39, 0.29) is 5.91 Å². The summed E-state index contributed by atoms with van der Waals surface area (Å²) in [4.78, 5) is 11.1. The highest BCUT2D eigenvalue weighted by atomic mass is 16.5. The Morgan fingerprint density at radius 1 is 1.73 bits per heavy atom. The largest absolute Gasteiger partial charge is 0.380 e. The van der Waals surface area contributed by atoms with Crippen LogP contribution in [-0.2, 0) is 9.53 Å². The van der Waals surface area contributed by atoms with Gasteiger partial charge in [0, 0.05) is 19.2 Å². The first kappa shape index (κ1) is 8.27. The quantitative estimate of drug-likeness (QED) is 0.629. The molecule has 0 saturated heterocycles. The Balaban J connectivity index is 2.55. The lowest BCUT2D eigenvalue weighted by Gasteiger charge is -2.02. The number of hydrogen-bond donors (Lipinski definition) is 1. The molecule has 0 saturated carbocycles. The molecular formula is C8H13NO2. The average Bonchev–Trinajstić information content (AvgIpc) is 2.18. The first-order valence-electron chi connectivity index (χ1n) is 3.81. The summed E-state index contributed by atoms with van der Waals surface area (Å²) < 4.78 is 4.88. The highest BCUT2D eigenvalue weighted by Gasteiger charge is 2.10. The molecule has 1 amide bonds. The van der Waals surface area contributed by atoms with Crippen LogP contribution in [0.4, 0.5) is 0 Å². The molecule has 3 nitrogen and oxygen atoms in total. The van der Waals surface area contributed by atoms with Gasteiger partial charge in [0.2, 0.25) is 5.91 Å². The summed E-state index contributed by atoms with van der Waals surface area (Å²) in [6.07, 6.45) is 3.95. The molecule has 3 heteroatoms. The lowest BCUT2D eigenvalue weighted by Crippen LogP contribution is -2.25. The second-order valence-corrected chi connectivity index (χ2v) is 2.56. The van der Waals surface area contributed by atoms with Crippen molar-refractivity contribution in [2.45, 2.75) is 12.8 Å². The summed E-state index contributed by atoms with van der Waals surface area (Å²) in [5.41, 5.74) is 0.755. The van der Waals surface area contributed by atoms with E-state index in [0.29, 0.717) is 6.61 Å². The van der Waals surface area contributed by atoms with Crippen LogP contribution in [0.3, 0.4) is 0 Å². The van der Waals surface area contributed by atoms with E-state index < -0.39 is 0 Å². The summed E-state index contributed by atoms with van der Waals surface area (Å²) in [7, 11) is 1.60. The highest BCUT2D eigenvalue weighted by Crippen LogP contribution is 2.03. The smallest absolute Gasteiger partial charge is 0.249 e. The summed E-state index contributed by atoms with van der Waals surface area (Å²) in [6.45, 7) is 1.20. The van der Waals surface area contributed by atoms with E-state index in [4.69, 9.17) is 4.74 Å². The maximum Gasteiger partial charge on any atom is 0.249 e. The number of nitrogens with one attached hydrogen (secondary N) is 1. The fraction of sp³-hybridized carbons (Fsp3) is 0.625. The molecule has 0 aromatic rings. The zero-order chi connectivity index (χ0) is 8.10. The van der Waals surface area contributed by atoms with E-state index in [1.165, 1.54) is 0 Å². The molecule has 0 aromatic carbocycles. The Hall–Kier alpha value is -0.830. The van der Waals surface area contributed by atoms with Crippen molar-refractivity contribution in [1.82, 2.24) is 5.32 Å². The first-order chi connectivity index (χ1) is 5.34. The molecule has 0 spiro atoms. The molecule has 0 fully saturated rings. The molecule has 11 heavy (non-hydrogen) atoms. The molecule has 0 atom stereocenters. The molecule has 1 rings (SSSR count). The van der Waals surface area contributed by atoms with E-state index in [0.717, 1.165) is 25.0 Å². The minimum Gasteiger partial charge on any atom is -0.380 e. The van der Waals surface area contributed by atoms with Gasteiger partial charge in [0.25, 0.3) is 0 Å². The van der Waals surface area contributed by atoms with Crippen molar-refractivity contribution in [2.75, 3.05) is 20.3 Å². The van der Waals surface area contributed by atoms with Gasteiger partial charge in [0.05, 0.1) is 6.61 Å². The van der Waals surface area contributed by atoms with E-state index in [1.807, 2.05) is 6.08 Å². The van der Waals surface area contributed by atoms with Crippen LogP contribution in [0, 0.1) is 0 Å². The average molecular weight is 155 g/mol. The van der Waals surface area contributed by atoms with Gasteiger partial charge >= 0.3 is 0 Å². The number of hydrogen-bond acceptors (Lipinski definition) is 2. The third kappa shape index (κ3) is 2.35. The lowest BCUT2D eigenvalue weighted by molar-refractivity contribution is -0.117. The number of carbonyl (C=O) groups is 1. The lowest BCUT2D eigenvalue weighted by atomic mass is 10.2. The summed E-state index contributed by atoms with van der Waals surface area (Å²) in [6, 6.07) is 0. The number of rotatable bonds is 2. The molecule has 1 aliphatic heterocycles. The van der Waals surface area contributed by atoms with Crippen molar-refractivity contribution in [3.63, 3.8) is 0 Å². The van der Waals surface area contributed by atoms with Crippen LogP contribution in [-0.4, -0.2) is 26.2 Å². The zero-order valence-electron chi connectivity index (χ0n) is 6.72. The molecular weight excluding hydrogens is 142 g/mol. The highest BCUT2D eigenvalue weighted by molar-refractivity contribution is 5.93. The molecule has 0 aliphatic carbocycles. The van der Waals surface area contributed by atoms with Gasteiger partial charge in [0.15, 0.2) is 0 Å². The van der Waals surface area contributed by atoms with Crippen LogP contribution in [0.25, 0.3) is 0 Å². The van der Waals surface area contributed by atoms with Gasteiger partial charge in [-0.05, 0) is 12.8 Å². The normalized spacial score (nSPS) is 18.6. The fourth-order valence-electron chi connectivity index (χ4n) is 1.07.